The van der Waals surface area contributed by atoms with E-state index in [-0.39, 0.29) is 16.2 Å². The molecule has 0 radical (unpaired) electrons. The fraction of sp³-hybridized carbons (Fsp3) is 1.00. The van der Waals surface area contributed by atoms with E-state index in [1.807, 2.05) is 0 Å². The van der Waals surface area contributed by atoms with Crippen LogP contribution in [0.1, 0.15) is 0 Å². The summed E-state index contributed by atoms with van der Waals surface area (Å²) >= 11 is 32.3. The van der Waals surface area contributed by atoms with Gasteiger partial charge in [-0.05, 0) is 0 Å². The molecule has 0 aromatic heterocycles. The average Bonchev–Trinajstić information content (AvgIpc) is 2.76. The zero-order valence-electron chi connectivity index (χ0n) is 15.2. The second-order valence-electron chi connectivity index (χ2n) is 6.92. The van der Waals surface area contributed by atoms with Crippen LogP contribution in [0.25, 0.3) is 0 Å². The highest BCUT2D eigenvalue weighted by molar-refractivity contribution is 9.11. The maximum absolute atomic E-state index is 6.11. The predicted octanol–water partition coefficient (Wildman–Crippen LogP) is 7.53. The normalized spacial score (nSPS) is 13.2. The molecule has 0 fully saturated rings. The Bertz CT molecular complexity index is 315. The molecule has 0 aliphatic heterocycles. The molecule has 0 atom stereocenters. The fourth-order valence-electron chi connectivity index (χ4n) is 1.55. The smallest absolute Gasteiger partial charge is 0.385 e. The molecular formula is C15H24BBr9O3. The number of halogens is 9. The van der Waals surface area contributed by atoms with Crippen molar-refractivity contribution in [2.45, 2.75) is 0 Å². The van der Waals surface area contributed by atoms with Gasteiger partial charge < -0.3 is 14.0 Å². The molecule has 0 aliphatic rings. The van der Waals surface area contributed by atoms with Gasteiger partial charge in [0.25, 0.3) is 0 Å². The Morgan fingerprint density at radius 1 is 0.393 bits per heavy atom. The van der Waals surface area contributed by atoms with Crippen LogP contribution in [0, 0.1) is 16.2 Å². The van der Waals surface area contributed by atoms with Crippen molar-refractivity contribution < 1.29 is 14.0 Å². The lowest BCUT2D eigenvalue weighted by atomic mass is 9.95. The standard InChI is InChI=1S/C15H24BBr9O3/c17-1-13(2-18,3-19)10-26-16(27-11-14(4-20,5-21)6-22)28-12-15(7-23,8-24)9-25/h1-12H2. The van der Waals surface area contributed by atoms with Crippen LogP contribution in [0.5, 0.6) is 0 Å². The SMILES string of the molecule is BrCC(CBr)(CBr)COB(OCC(CBr)(CBr)CBr)OCC(CBr)(CBr)CBr. The lowest BCUT2D eigenvalue weighted by Gasteiger charge is -2.33. The Balaban J connectivity index is 5.19. The van der Waals surface area contributed by atoms with Crippen LogP contribution in [-0.4, -0.2) is 75.1 Å². The van der Waals surface area contributed by atoms with Gasteiger partial charge in [0.1, 0.15) is 0 Å². The van der Waals surface area contributed by atoms with E-state index in [0.29, 0.717) is 19.8 Å². The van der Waals surface area contributed by atoms with E-state index in [0.717, 1.165) is 48.0 Å². The number of hydrogen-bond donors (Lipinski definition) is 0. The van der Waals surface area contributed by atoms with Crippen LogP contribution in [0.4, 0.5) is 0 Å². The summed E-state index contributed by atoms with van der Waals surface area (Å²) in [5.74, 6) is 0. The van der Waals surface area contributed by atoms with E-state index in [2.05, 4.69) is 143 Å². The molecular weight excluding hydrogens is 958 g/mol. The quantitative estimate of drug-likeness (QED) is 0.105. The summed E-state index contributed by atoms with van der Waals surface area (Å²) in [6.45, 7) is 1.48. The first-order valence-electron chi connectivity index (χ1n) is 8.22. The Kier molecular flexibility index (Phi) is 20.4. The van der Waals surface area contributed by atoms with Crippen LogP contribution >= 0.6 is 143 Å². The first kappa shape index (κ1) is 32.3. The predicted molar refractivity (Wildman–Crippen MR) is 155 cm³/mol. The second kappa shape index (κ2) is 17.7. The molecule has 3 nitrogen and oxygen atoms in total. The van der Waals surface area contributed by atoms with Crippen LogP contribution in [0.2, 0.25) is 0 Å². The number of hydrogen-bond acceptors (Lipinski definition) is 3. The molecule has 0 N–H and O–H groups in total. The lowest BCUT2D eigenvalue weighted by molar-refractivity contribution is 0.0381. The van der Waals surface area contributed by atoms with Crippen molar-refractivity contribution in [2.75, 3.05) is 67.8 Å². The van der Waals surface area contributed by atoms with Crippen molar-refractivity contribution in [2.24, 2.45) is 16.2 Å². The van der Waals surface area contributed by atoms with E-state index in [9.17, 15) is 0 Å². The van der Waals surface area contributed by atoms with Gasteiger partial charge in [-0.25, -0.2) is 0 Å². The van der Waals surface area contributed by atoms with Crippen molar-refractivity contribution in [3.63, 3.8) is 0 Å². The summed E-state index contributed by atoms with van der Waals surface area (Å²) in [5.41, 5.74) is -0.251. The van der Waals surface area contributed by atoms with Gasteiger partial charge in [0, 0.05) is 84.0 Å². The third-order valence-corrected chi connectivity index (χ3v) is 14.8. The Labute approximate surface area is 245 Å². The summed E-state index contributed by atoms with van der Waals surface area (Å²) < 4.78 is 18.3. The topological polar surface area (TPSA) is 27.7 Å². The van der Waals surface area contributed by atoms with Crippen LogP contribution in [0.3, 0.4) is 0 Å². The third-order valence-electron chi connectivity index (χ3n) is 4.13. The minimum Gasteiger partial charge on any atom is -0.385 e. The van der Waals surface area contributed by atoms with E-state index < -0.39 is 7.32 Å². The highest BCUT2D eigenvalue weighted by atomic mass is 79.9. The Morgan fingerprint density at radius 2 is 0.571 bits per heavy atom. The molecule has 0 spiro atoms. The van der Waals surface area contributed by atoms with Gasteiger partial charge in [0.05, 0.1) is 0 Å². The highest BCUT2D eigenvalue weighted by Gasteiger charge is 2.37. The van der Waals surface area contributed by atoms with Gasteiger partial charge in [-0.3, -0.25) is 0 Å². The largest absolute Gasteiger partial charge is 0.639 e. The van der Waals surface area contributed by atoms with Crippen molar-refractivity contribution in [3.8, 4) is 0 Å². The van der Waals surface area contributed by atoms with Gasteiger partial charge in [0.2, 0.25) is 0 Å². The molecule has 168 valence electrons. The molecule has 0 saturated carbocycles. The lowest BCUT2D eigenvalue weighted by Crippen LogP contribution is -2.44. The van der Waals surface area contributed by atoms with Gasteiger partial charge in [-0.15, -0.1) is 0 Å². The summed E-state index contributed by atoms with van der Waals surface area (Å²) in [7, 11) is -0.746. The average molecular weight is 982 g/mol. The summed E-state index contributed by atoms with van der Waals surface area (Å²) in [6, 6.07) is 0. The maximum Gasteiger partial charge on any atom is 0.639 e. The molecule has 0 unspecified atom stereocenters. The highest BCUT2D eigenvalue weighted by Crippen LogP contribution is 2.30. The van der Waals surface area contributed by atoms with Crippen LogP contribution in [0.15, 0.2) is 0 Å². The maximum atomic E-state index is 6.11. The van der Waals surface area contributed by atoms with Crippen molar-refractivity contribution in [1.29, 1.82) is 0 Å². The van der Waals surface area contributed by atoms with Crippen molar-refractivity contribution in [3.05, 3.63) is 0 Å². The minimum atomic E-state index is -0.746. The third kappa shape index (κ3) is 10.7. The van der Waals surface area contributed by atoms with Crippen LogP contribution in [-0.2, 0) is 14.0 Å². The molecule has 0 rings (SSSR count). The molecule has 0 aromatic rings. The second-order valence-corrected chi connectivity index (χ2v) is 12.0. The Morgan fingerprint density at radius 3 is 0.714 bits per heavy atom. The summed E-state index contributed by atoms with van der Waals surface area (Å²) in [6.07, 6.45) is 0. The van der Waals surface area contributed by atoms with Gasteiger partial charge in [0.15, 0.2) is 0 Å². The number of rotatable bonds is 18. The summed E-state index contributed by atoms with van der Waals surface area (Å²) in [4.78, 5) is 0. The Hall–Kier alpha value is 4.26. The van der Waals surface area contributed by atoms with Crippen molar-refractivity contribution >= 4 is 151 Å². The van der Waals surface area contributed by atoms with E-state index >= 15 is 0 Å². The zero-order valence-corrected chi connectivity index (χ0v) is 29.5. The van der Waals surface area contributed by atoms with E-state index in [1.165, 1.54) is 0 Å². The number of alkyl halides is 9. The fourth-order valence-corrected chi connectivity index (χ4v) is 11.4. The molecule has 0 aliphatic carbocycles. The molecule has 0 bridgehead atoms. The minimum absolute atomic E-state index is 0.0836. The van der Waals surface area contributed by atoms with E-state index in [4.69, 9.17) is 14.0 Å². The van der Waals surface area contributed by atoms with Gasteiger partial charge in [-0.2, -0.15) is 0 Å². The molecule has 28 heavy (non-hydrogen) atoms. The van der Waals surface area contributed by atoms with Gasteiger partial charge in [-0.1, -0.05) is 143 Å². The van der Waals surface area contributed by atoms with Gasteiger partial charge >= 0.3 is 7.32 Å². The molecule has 0 amide bonds. The van der Waals surface area contributed by atoms with E-state index in [1.54, 1.807) is 0 Å². The molecule has 0 aromatic carbocycles. The molecule has 0 saturated heterocycles. The first-order chi connectivity index (χ1) is 13.3. The van der Waals surface area contributed by atoms with Crippen LogP contribution < -0.4 is 0 Å². The first-order valence-corrected chi connectivity index (χ1v) is 18.3. The summed E-state index contributed by atoms with van der Waals surface area (Å²) in [5, 5.41) is 7.17. The molecule has 13 heteroatoms. The van der Waals surface area contributed by atoms with Crippen molar-refractivity contribution in [1.82, 2.24) is 0 Å². The molecule has 0 heterocycles. The monoisotopic (exact) mass is 973 g/mol. The zero-order chi connectivity index (χ0) is 21.7.